The Morgan fingerprint density at radius 1 is 1.27 bits per heavy atom. The van der Waals surface area contributed by atoms with Crippen LogP contribution in [0.15, 0.2) is 4.52 Å². The number of hydrogen-bond donors (Lipinski definition) is 1. The lowest BCUT2D eigenvalue weighted by atomic mass is 10.1. The average molecular weight is 211 g/mol. The van der Waals surface area contributed by atoms with E-state index in [9.17, 15) is 0 Å². The second-order valence-electron chi connectivity index (χ2n) is 3.91. The minimum Gasteiger partial charge on any atom is -0.388 e. The molecule has 84 valence electrons. The van der Waals surface area contributed by atoms with Gasteiger partial charge >= 0.3 is 0 Å². The van der Waals surface area contributed by atoms with Crippen molar-refractivity contribution in [3.63, 3.8) is 0 Å². The summed E-state index contributed by atoms with van der Waals surface area (Å²) in [6.45, 7) is 3.20. The fourth-order valence-corrected chi connectivity index (χ4v) is 1.89. The third-order valence-corrected chi connectivity index (χ3v) is 2.74. The molecule has 1 aliphatic heterocycles. The number of rotatable bonds is 4. The van der Waals surface area contributed by atoms with Gasteiger partial charge < -0.3 is 14.5 Å². The van der Waals surface area contributed by atoms with E-state index in [4.69, 9.17) is 9.63 Å². The summed E-state index contributed by atoms with van der Waals surface area (Å²) in [6, 6.07) is 0. The zero-order valence-corrected chi connectivity index (χ0v) is 8.85. The molecular formula is C10H17N3O2. The van der Waals surface area contributed by atoms with Gasteiger partial charge in [-0.05, 0) is 25.9 Å². The van der Waals surface area contributed by atoms with E-state index < -0.39 is 0 Å². The topological polar surface area (TPSA) is 62.4 Å². The fourth-order valence-electron chi connectivity index (χ4n) is 1.89. The Kier molecular flexibility index (Phi) is 3.69. The monoisotopic (exact) mass is 211 g/mol. The zero-order valence-electron chi connectivity index (χ0n) is 8.85. The first-order valence-corrected chi connectivity index (χ1v) is 5.53. The standard InChI is InChI=1S/C10H17N3O2/c14-8-9-11-10(15-12-9)4-7-13-5-2-1-3-6-13/h14H,1-8H2. The Bertz CT molecular complexity index is 295. The molecule has 0 bridgehead atoms. The number of aliphatic hydroxyl groups is 1. The highest BCUT2D eigenvalue weighted by Crippen LogP contribution is 2.09. The van der Waals surface area contributed by atoms with Crippen LogP contribution in [0.5, 0.6) is 0 Å². The summed E-state index contributed by atoms with van der Waals surface area (Å²) in [5.74, 6) is 1.01. The van der Waals surface area contributed by atoms with Crippen molar-refractivity contribution >= 4 is 0 Å². The van der Waals surface area contributed by atoms with E-state index in [2.05, 4.69) is 15.0 Å². The van der Waals surface area contributed by atoms with E-state index in [1.807, 2.05) is 0 Å². The van der Waals surface area contributed by atoms with Crippen molar-refractivity contribution in [2.24, 2.45) is 0 Å². The second-order valence-corrected chi connectivity index (χ2v) is 3.91. The van der Waals surface area contributed by atoms with E-state index in [-0.39, 0.29) is 6.61 Å². The predicted octanol–water partition coefficient (Wildman–Crippen LogP) is 0.590. The van der Waals surface area contributed by atoms with Gasteiger partial charge in [-0.3, -0.25) is 0 Å². The molecule has 2 heterocycles. The predicted molar refractivity (Wildman–Crippen MR) is 54.2 cm³/mol. The van der Waals surface area contributed by atoms with Crippen molar-refractivity contribution in [1.29, 1.82) is 0 Å². The van der Waals surface area contributed by atoms with Crippen molar-refractivity contribution < 1.29 is 9.63 Å². The molecule has 5 heteroatoms. The first-order valence-electron chi connectivity index (χ1n) is 5.53. The molecule has 1 fully saturated rings. The zero-order chi connectivity index (χ0) is 10.5. The van der Waals surface area contributed by atoms with Gasteiger partial charge in [0, 0.05) is 13.0 Å². The number of aromatic nitrogens is 2. The van der Waals surface area contributed by atoms with E-state index in [0.717, 1.165) is 13.0 Å². The highest BCUT2D eigenvalue weighted by atomic mass is 16.5. The van der Waals surface area contributed by atoms with Crippen LogP contribution in [-0.4, -0.2) is 39.8 Å². The summed E-state index contributed by atoms with van der Waals surface area (Å²) in [4.78, 5) is 6.48. The minimum absolute atomic E-state index is 0.146. The number of aliphatic hydroxyl groups excluding tert-OH is 1. The SMILES string of the molecule is OCc1noc(CCN2CCCCC2)n1. The van der Waals surface area contributed by atoms with Crippen LogP contribution >= 0.6 is 0 Å². The van der Waals surface area contributed by atoms with Crippen molar-refractivity contribution in [3.8, 4) is 0 Å². The molecule has 1 aliphatic rings. The lowest BCUT2D eigenvalue weighted by Gasteiger charge is -2.25. The molecule has 0 aromatic carbocycles. The summed E-state index contributed by atoms with van der Waals surface area (Å²) in [5.41, 5.74) is 0. The van der Waals surface area contributed by atoms with Gasteiger partial charge in [-0.15, -0.1) is 0 Å². The van der Waals surface area contributed by atoms with Crippen LogP contribution < -0.4 is 0 Å². The smallest absolute Gasteiger partial charge is 0.228 e. The molecule has 2 rings (SSSR count). The third-order valence-electron chi connectivity index (χ3n) is 2.74. The van der Waals surface area contributed by atoms with Gasteiger partial charge in [0.1, 0.15) is 6.61 Å². The van der Waals surface area contributed by atoms with Gasteiger partial charge in [0.25, 0.3) is 0 Å². The maximum atomic E-state index is 8.77. The van der Waals surface area contributed by atoms with Crippen LogP contribution in [0, 0.1) is 0 Å². The summed E-state index contributed by atoms with van der Waals surface area (Å²) in [6.07, 6.45) is 4.73. The summed E-state index contributed by atoms with van der Waals surface area (Å²) in [5, 5.41) is 12.4. The van der Waals surface area contributed by atoms with Crippen LogP contribution in [0.4, 0.5) is 0 Å². The second kappa shape index (κ2) is 5.23. The van der Waals surface area contributed by atoms with Gasteiger partial charge in [0.2, 0.25) is 5.89 Å². The van der Waals surface area contributed by atoms with Crippen molar-refractivity contribution in [1.82, 2.24) is 15.0 Å². The van der Waals surface area contributed by atoms with Crippen molar-refractivity contribution in [2.45, 2.75) is 32.3 Å². The molecule has 0 atom stereocenters. The van der Waals surface area contributed by atoms with Gasteiger partial charge in [-0.1, -0.05) is 11.6 Å². The Balaban J connectivity index is 1.76. The maximum absolute atomic E-state index is 8.77. The van der Waals surface area contributed by atoms with Crippen LogP contribution in [0.3, 0.4) is 0 Å². The van der Waals surface area contributed by atoms with Crippen LogP contribution in [0.1, 0.15) is 31.0 Å². The molecule has 0 radical (unpaired) electrons. The molecule has 1 N–H and O–H groups in total. The Morgan fingerprint density at radius 2 is 2.07 bits per heavy atom. The van der Waals surface area contributed by atoms with Crippen LogP contribution in [0.2, 0.25) is 0 Å². The Labute approximate surface area is 89.1 Å². The quantitative estimate of drug-likeness (QED) is 0.789. The normalized spacial score (nSPS) is 18.2. The lowest BCUT2D eigenvalue weighted by molar-refractivity contribution is 0.222. The van der Waals surface area contributed by atoms with Crippen LogP contribution in [0.25, 0.3) is 0 Å². The molecular weight excluding hydrogens is 194 g/mol. The average Bonchev–Trinajstić information content (AvgIpc) is 2.76. The third kappa shape index (κ3) is 3.00. The number of hydrogen-bond acceptors (Lipinski definition) is 5. The summed E-state index contributed by atoms with van der Waals surface area (Å²) >= 11 is 0. The maximum Gasteiger partial charge on any atom is 0.228 e. The molecule has 1 aromatic rings. The molecule has 0 amide bonds. The van der Waals surface area contributed by atoms with Gasteiger partial charge in [-0.25, -0.2) is 0 Å². The molecule has 5 nitrogen and oxygen atoms in total. The van der Waals surface area contributed by atoms with Gasteiger partial charge in [0.05, 0.1) is 0 Å². The fraction of sp³-hybridized carbons (Fsp3) is 0.800. The first kappa shape index (κ1) is 10.6. The molecule has 0 saturated carbocycles. The van der Waals surface area contributed by atoms with Gasteiger partial charge in [-0.2, -0.15) is 4.98 Å². The molecule has 1 saturated heterocycles. The largest absolute Gasteiger partial charge is 0.388 e. The Morgan fingerprint density at radius 3 is 2.73 bits per heavy atom. The van der Waals surface area contributed by atoms with Gasteiger partial charge in [0.15, 0.2) is 5.82 Å². The van der Waals surface area contributed by atoms with E-state index >= 15 is 0 Å². The van der Waals surface area contributed by atoms with Crippen LogP contribution in [-0.2, 0) is 13.0 Å². The number of likely N-dealkylation sites (tertiary alicyclic amines) is 1. The number of nitrogens with zero attached hydrogens (tertiary/aromatic N) is 3. The first-order chi connectivity index (χ1) is 7.38. The van der Waals surface area contributed by atoms with E-state index in [1.54, 1.807) is 0 Å². The molecule has 0 unspecified atom stereocenters. The van der Waals surface area contributed by atoms with Crippen molar-refractivity contribution in [3.05, 3.63) is 11.7 Å². The highest BCUT2D eigenvalue weighted by Gasteiger charge is 2.11. The molecule has 15 heavy (non-hydrogen) atoms. The van der Waals surface area contributed by atoms with E-state index in [1.165, 1.54) is 32.4 Å². The molecule has 0 aliphatic carbocycles. The molecule has 1 aromatic heterocycles. The van der Waals surface area contributed by atoms with Crippen molar-refractivity contribution in [2.75, 3.05) is 19.6 Å². The molecule has 0 spiro atoms. The highest BCUT2D eigenvalue weighted by molar-refractivity contribution is 4.85. The summed E-state index contributed by atoms with van der Waals surface area (Å²) < 4.78 is 5.00. The van der Waals surface area contributed by atoms with E-state index in [0.29, 0.717) is 11.7 Å². The summed E-state index contributed by atoms with van der Waals surface area (Å²) in [7, 11) is 0. The minimum atomic E-state index is -0.146. The number of piperidine rings is 1. The Hall–Kier alpha value is -0.940. The lowest BCUT2D eigenvalue weighted by Crippen LogP contribution is -2.31.